The maximum absolute atomic E-state index is 12.9. The maximum atomic E-state index is 12.9. The molecule has 3 aliphatic rings. The van der Waals surface area contributed by atoms with Gasteiger partial charge in [-0.1, -0.05) is 0 Å². The molecule has 2 aromatic heterocycles. The molecule has 4 heterocycles. The Kier molecular flexibility index (Phi) is 4.52. The zero-order chi connectivity index (χ0) is 18.9. The van der Waals surface area contributed by atoms with Crippen LogP contribution in [0.3, 0.4) is 0 Å². The molecule has 1 amide bonds. The number of nitrogens with zero attached hydrogens (tertiary/aromatic N) is 5. The van der Waals surface area contributed by atoms with Crippen LogP contribution in [0.5, 0.6) is 0 Å². The fourth-order valence-corrected chi connectivity index (χ4v) is 4.43. The number of likely N-dealkylation sites (tertiary alicyclic amines) is 1. The lowest BCUT2D eigenvalue weighted by Crippen LogP contribution is -2.21. The number of fused-ring (bicyclic) bond motifs is 1. The van der Waals surface area contributed by atoms with Gasteiger partial charge >= 0.3 is 0 Å². The number of aromatic nitrogens is 3. The Hall–Kier alpha value is -2.80. The highest BCUT2D eigenvalue weighted by Gasteiger charge is 2.27. The van der Waals surface area contributed by atoms with E-state index in [1.165, 1.54) is 53.8 Å². The molecule has 144 valence electrons. The molecule has 0 saturated carbocycles. The summed E-state index contributed by atoms with van der Waals surface area (Å²) in [4.78, 5) is 27.0. The van der Waals surface area contributed by atoms with Gasteiger partial charge in [-0.3, -0.25) is 9.69 Å². The standard InChI is InChI=1S/C21H24N6O/c28-21-15(10-24-27(21)16-11-22-14-23-12-16)9-20-18(13-26-7-3-4-8-26)17-5-1-2-6-19(17)25-20/h9-12,14,25H,1-8,13H2. The maximum Gasteiger partial charge on any atom is 0.280 e. The van der Waals surface area contributed by atoms with Crippen molar-refractivity contribution in [2.45, 2.75) is 45.1 Å². The van der Waals surface area contributed by atoms with Crippen LogP contribution in [0.15, 0.2) is 29.4 Å². The molecule has 7 nitrogen and oxygen atoms in total. The average Bonchev–Trinajstić information content (AvgIpc) is 3.45. The van der Waals surface area contributed by atoms with E-state index in [-0.39, 0.29) is 5.91 Å². The third-order valence-corrected chi connectivity index (χ3v) is 5.87. The van der Waals surface area contributed by atoms with Crippen molar-refractivity contribution in [3.8, 4) is 0 Å². The van der Waals surface area contributed by atoms with Crippen molar-refractivity contribution in [1.82, 2.24) is 19.9 Å². The van der Waals surface area contributed by atoms with E-state index in [1.807, 2.05) is 6.08 Å². The molecule has 0 radical (unpaired) electrons. The fourth-order valence-electron chi connectivity index (χ4n) is 4.43. The number of carbonyl (C=O) groups excluding carboxylic acids is 1. The summed E-state index contributed by atoms with van der Waals surface area (Å²) in [7, 11) is 0. The normalized spacial score (nSPS) is 21.1. The SMILES string of the molecule is O=C1C(=Cc2[nH]c3c(c2CN2CCCC2)CCCC3)C=NN1c1cncnc1. The predicted molar refractivity (Wildman–Crippen MR) is 108 cm³/mol. The van der Waals surface area contributed by atoms with Crippen LogP contribution in [-0.2, 0) is 24.2 Å². The molecule has 1 fully saturated rings. The van der Waals surface area contributed by atoms with E-state index in [1.54, 1.807) is 18.6 Å². The van der Waals surface area contributed by atoms with E-state index in [4.69, 9.17) is 0 Å². The lowest BCUT2D eigenvalue weighted by atomic mass is 9.94. The second kappa shape index (κ2) is 7.31. The minimum absolute atomic E-state index is 0.144. The predicted octanol–water partition coefficient (Wildman–Crippen LogP) is 2.70. The Morgan fingerprint density at radius 3 is 2.68 bits per heavy atom. The Morgan fingerprint density at radius 1 is 1.07 bits per heavy atom. The minimum atomic E-state index is -0.144. The quantitative estimate of drug-likeness (QED) is 0.833. The monoisotopic (exact) mass is 376 g/mol. The summed E-state index contributed by atoms with van der Waals surface area (Å²) in [6, 6.07) is 0. The highest BCUT2D eigenvalue weighted by atomic mass is 16.2. The second-order valence-corrected chi connectivity index (χ2v) is 7.72. The van der Waals surface area contributed by atoms with Crippen molar-refractivity contribution in [1.29, 1.82) is 0 Å². The van der Waals surface area contributed by atoms with E-state index in [2.05, 4.69) is 25.0 Å². The van der Waals surface area contributed by atoms with Crippen LogP contribution in [0.4, 0.5) is 5.69 Å². The van der Waals surface area contributed by atoms with Crippen molar-refractivity contribution in [2.24, 2.45) is 5.10 Å². The first-order valence-electron chi connectivity index (χ1n) is 10.1. The lowest BCUT2D eigenvalue weighted by molar-refractivity contribution is -0.114. The highest BCUT2D eigenvalue weighted by molar-refractivity contribution is 6.25. The Bertz CT molecular complexity index is 939. The summed E-state index contributed by atoms with van der Waals surface area (Å²) in [6.45, 7) is 3.29. The van der Waals surface area contributed by atoms with Gasteiger partial charge < -0.3 is 4.98 Å². The number of hydrogen-bond donors (Lipinski definition) is 1. The first-order valence-corrected chi connectivity index (χ1v) is 10.1. The van der Waals surface area contributed by atoms with Crippen LogP contribution in [0.1, 0.15) is 48.2 Å². The fraction of sp³-hybridized carbons (Fsp3) is 0.429. The molecule has 2 aromatic rings. The van der Waals surface area contributed by atoms with Gasteiger partial charge in [0.2, 0.25) is 0 Å². The van der Waals surface area contributed by atoms with E-state index in [9.17, 15) is 4.79 Å². The van der Waals surface area contributed by atoms with Crippen molar-refractivity contribution >= 4 is 23.9 Å². The largest absolute Gasteiger partial charge is 0.358 e. The Labute approximate surface area is 164 Å². The lowest BCUT2D eigenvalue weighted by Gasteiger charge is -2.18. The smallest absolute Gasteiger partial charge is 0.280 e. The molecular formula is C21H24N6O. The number of nitrogens with one attached hydrogen (secondary N) is 1. The Balaban J connectivity index is 1.47. The summed E-state index contributed by atoms with van der Waals surface area (Å²) in [5.41, 5.74) is 6.43. The van der Waals surface area contributed by atoms with Gasteiger partial charge in [0.25, 0.3) is 5.91 Å². The number of aromatic amines is 1. The number of hydrogen-bond acceptors (Lipinski definition) is 5. The molecule has 1 aliphatic carbocycles. The molecule has 5 rings (SSSR count). The first kappa shape index (κ1) is 17.3. The number of carbonyl (C=O) groups is 1. The molecule has 1 saturated heterocycles. The van der Waals surface area contributed by atoms with Crippen LogP contribution in [0.2, 0.25) is 0 Å². The summed E-state index contributed by atoms with van der Waals surface area (Å²) in [5, 5.41) is 5.62. The molecule has 0 spiro atoms. The summed E-state index contributed by atoms with van der Waals surface area (Å²) in [5.74, 6) is -0.144. The molecule has 0 aromatic carbocycles. The van der Waals surface area contributed by atoms with Crippen LogP contribution < -0.4 is 5.01 Å². The van der Waals surface area contributed by atoms with Gasteiger partial charge in [0, 0.05) is 17.9 Å². The van der Waals surface area contributed by atoms with Crippen LogP contribution in [0.25, 0.3) is 6.08 Å². The molecule has 0 atom stereocenters. The van der Waals surface area contributed by atoms with Gasteiger partial charge in [0.15, 0.2) is 0 Å². The zero-order valence-electron chi connectivity index (χ0n) is 15.9. The summed E-state index contributed by atoms with van der Waals surface area (Å²) in [6.07, 6.45) is 15.5. The number of aryl methyl sites for hydroxylation is 1. The minimum Gasteiger partial charge on any atom is -0.358 e. The highest BCUT2D eigenvalue weighted by Crippen LogP contribution is 2.31. The molecule has 0 unspecified atom stereocenters. The van der Waals surface area contributed by atoms with E-state index in [0.29, 0.717) is 11.3 Å². The van der Waals surface area contributed by atoms with Crippen molar-refractivity contribution in [3.05, 3.63) is 46.8 Å². The van der Waals surface area contributed by atoms with Crippen LogP contribution >= 0.6 is 0 Å². The molecule has 0 bridgehead atoms. The second-order valence-electron chi connectivity index (χ2n) is 7.72. The van der Waals surface area contributed by atoms with Gasteiger partial charge in [-0.05, 0) is 68.8 Å². The van der Waals surface area contributed by atoms with Crippen molar-refractivity contribution in [2.75, 3.05) is 18.1 Å². The first-order chi connectivity index (χ1) is 13.8. The van der Waals surface area contributed by atoms with Crippen LogP contribution in [-0.4, -0.2) is 45.1 Å². The van der Waals surface area contributed by atoms with E-state index >= 15 is 0 Å². The average molecular weight is 376 g/mol. The number of rotatable bonds is 4. The van der Waals surface area contributed by atoms with Gasteiger partial charge in [-0.15, -0.1) is 0 Å². The van der Waals surface area contributed by atoms with Crippen molar-refractivity contribution in [3.63, 3.8) is 0 Å². The molecule has 2 aliphatic heterocycles. The van der Waals surface area contributed by atoms with Gasteiger partial charge in [-0.2, -0.15) is 10.1 Å². The third kappa shape index (κ3) is 3.16. The summed E-state index contributed by atoms with van der Waals surface area (Å²) >= 11 is 0. The number of anilines is 1. The molecule has 7 heteroatoms. The van der Waals surface area contributed by atoms with E-state index < -0.39 is 0 Å². The number of hydrazone groups is 1. The number of amides is 1. The molecule has 1 N–H and O–H groups in total. The van der Waals surface area contributed by atoms with E-state index in [0.717, 1.165) is 38.2 Å². The van der Waals surface area contributed by atoms with Gasteiger partial charge in [-0.25, -0.2) is 9.97 Å². The molecular weight excluding hydrogens is 352 g/mol. The van der Waals surface area contributed by atoms with Gasteiger partial charge in [0.1, 0.15) is 12.0 Å². The summed E-state index contributed by atoms with van der Waals surface area (Å²) < 4.78 is 0. The molecule has 28 heavy (non-hydrogen) atoms. The number of H-pyrrole nitrogens is 1. The van der Waals surface area contributed by atoms with Crippen molar-refractivity contribution < 1.29 is 4.79 Å². The Morgan fingerprint density at radius 2 is 1.86 bits per heavy atom. The van der Waals surface area contributed by atoms with Crippen LogP contribution in [0, 0.1) is 0 Å². The van der Waals surface area contributed by atoms with Gasteiger partial charge in [0.05, 0.1) is 24.2 Å². The third-order valence-electron chi connectivity index (χ3n) is 5.87. The topological polar surface area (TPSA) is 77.5 Å². The zero-order valence-corrected chi connectivity index (χ0v) is 15.9.